The smallest absolute Gasteiger partial charge is 0.227 e. The first kappa shape index (κ1) is 21.4. The number of nitrogens with one attached hydrogen (secondary N) is 1. The second-order valence-corrected chi connectivity index (χ2v) is 6.57. The summed E-state index contributed by atoms with van der Waals surface area (Å²) in [7, 11) is 0. The molecule has 0 spiro atoms. The summed E-state index contributed by atoms with van der Waals surface area (Å²) in [5.41, 5.74) is 0. The highest BCUT2D eigenvalue weighted by Gasteiger charge is 2.30. The Bertz CT molecular complexity index is 274. The fraction of sp³-hybridized carbons (Fsp3) is 0.944. The molecular formula is C18H38N2O2. The third kappa shape index (κ3) is 8.74. The van der Waals surface area contributed by atoms with Gasteiger partial charge in [0.05, 0.1) is 5.92 Å². The lowest BCUT2D eigenvalue weighted by molar-refractivity contribution is -0.136. The monoisotopic (exact) mass is 314 g/mol. The lowest BCUT2D eigenvalue weighted by Crippen LogP contribution is -2.49. The minimum Gasteiger partial charge on any atom is -0.378 e. The molecule has 2 unspecified atom stereocenters. The highest BCUT2D eigenvalue weighted by atomic mass is 16.3. The van der Waals surface area contributed by atoms with E-state index in [2.05, 4.69) is 31.0 Å². The molecule has 0 rings (SSSR count). The van der Waals surface area contributed by atoms with Crippen molar-refractivity contribution in [1.82, 2.24) is 10.2 Å². The van der Waals surface area contributed by atoms with Crippen molar-refractivity contribution in [2.45, 2.75) is 91.8 Å². The van der Waals surface area contributed by atoms with Gasteiger partial charge in [0, 0.05) is 19.1 Å². The molecule has 22 heavy (non-hydrogen) atoms. The van der Waals surface area contributed by atoms with Crippen molar-refractivity contribution >= 4 is 5.91 Å². The number of aliphatic hydroxyl groups is 1. The van der Waals surface area contributed by atoms with Crippen LogP contribution in [0.25, 0.3) is 0 Å². The van der Waals surface area contributed by atoms with Gasteiger partial charge in [-0.15, -0.1) is 0 Å². The van der Waals surface area contributed by atoms with Gasteiger partial charge in [0.25, 0.3) is 0 Å². The maximum atomic E-state index is 12.5. The van der Waals surface area contributed by atoms with Crippen LogP contribution in [0.1, 0.15) is 79.6 Å². The molecular weight excluding hydrogens is 276 g/mol. The minimum absolute atomic E-state index is 0.00560. The highest BCUT2D eigenvalue weighted by molar-refractivity contribution is 5.79. The number of hydrogen-bond donors (Lipinski definition) is 2. The Labute approximate surface area is 137 Å². The summed E-state index contributed by atoms with van der Waals surface area (Å²) in [5.74, 6) is -0.329. The van der Waals surface area contributed by atoms with E-state index < -0.39 is 6.23 Å². The molecule has 4 nitrogen and oxygen atoms in total. The van der Waals surface area contributed by atoms with E-state index in [-0.39, 0.29) is 17.9 Å². The van der Waals surface area contributed by atoms with Gasteiger partial charge in [-0.1, -0.05) is 46.5 Å². The van der Waals surface area contributed by atoms with Crippen LogP contribution in [-0.2, 0) is 4.79 Å². The van der Waals surface area contributed by atoms with Crippen LogP contribution in [0, 0.1) is 5.92 Å². The van der Waals surface area contributed by atoms with E-state index in [1.807, 2.05) is 13.8 Å². The second kappa shape index (κ2) is 12.9. The van der Waals surface area contributed by atoms with Gasteiger partial charge in [-0.05, 0) is 33.1 Å². The molecule has 1 amide bonds. The summed E-state index contributed by atoms with van der Waals surface area (Å²) >= 11 is 0. The average molecular weight is 315 g/mol. The Morgan fingerprint density at radius 3 is 1.91 bits per heavy atom. The summed E-state index contributed by atoms with van der Waals surface area (Å²) in [6.07, 6.45) is 6.44. The number of carbonyl (C=O) groups excluding carboxylic acids is 1. The Hall–Kier alpha value is -0.610. The van der Waals surface area contributed by atoms with Crippen molar-refractivity contribution in [1.29, 1.82) is 0 Å². The quantitative estimate of drug-likeness (QED) is 0.511. The highest BCUT2D eigenvalue weighted by Crippen LogP contribution is 2.18. The minimum atomic E-state index is -0.664. The zero-order chi connectivity index (χ0) is 17.0. The van der Waals surface area contributed by atoms with Crippen LogP contribution >= 0.6 is 0 Å². The van der Waals surface area contributed by atoms with Crippen molar-refractivity contribution in [2.24, 2.45) is 5.92 Å². The average Bonchev–Trinajstić information content (AvgIpc) is 2.46. The van der Waals surface area contributed by atoms with Crippen molar-refractivity contribution in [2.75, 3.05) is 13.1 Å². The van der Waals surface area contributed by atoms with E-state index in [9.17, 15) is 9.90 Å². The molecule has 0 aliphatic heterocycles. The van der Waals surface area contributed by atoms with Crippen LogP contribution in [0.3, 0.4) is 0 Å². The summed E-state index contributed by atoms with van der Waals surface area (Å²) in [5, 5.41) is 13.8. The second-order valence-electron chi connectivity index (χ2n) is 6.57. The first-order valence-corrected chi connectivity index (χ1v) is 9.20. The van der Waals surface area contributed by atoms with Crippen LogP contribution in [0.5, 0.6) is 0 Å². The topological polar surface area (TPSA) is 52.6 Å². The summed E-state index contributed by atoms with van der Waals surface area (Å²) < 4.78 is 0. The molecule has 0 aromatic rings. The van der Waals surface area contributed by atoms with E-state index in [0.717, 1.165) is 58.0 Å². The molecule has 2 N–H and O–H groups in total. The van der Waals surface area contributed by atoms with Gasteiger partial charge < -0.3 is 10.4 Å². The molecule has 0 heterocycles. The van der Waals surface area contributed by atoms with Gasteiger partial charge in [0.15, 0.2) is 0 Å². The van der Waals surface area contributed by atoms with Crippen LogP contribution in [-0.4, -0.2) is 41.3 Å². The summed E-state index contributed by atoms with van der Waals surface area (Å²) in [6, 6.07) is 0.114. The van der Waals surface area contributed by atoms with Crippen molar-refractivity contribution < 1.29 is 9.90 Å². The maximum Gasteiger partial charge on any atom is 0.227 e. The molecule has 0 fully saturated rings. The fourth-order valence-corrected chi connectivity index (χ4v) is 2.58. The zero-order valence-corrected chi connectivity index (χ0v) is 15.4. The van der Waals surface area contributed by atoms with Crippen LogP contribution in [0.4, 0.5) is 0 Å². The first-order chi connectivity index (χ1) is 10.5. The normalized spacial score (nSPS) is 14.4. The van der Waals surface area contributed by atoms with Crippen molar-refractivity contribution in [3.63, 3.8) is 0 Å². The maximum absolute atomic E-state index is 12.5. The number of hydrogen-bond acceptors (Lipinski definition) is 3. The SMILES string of the molecule is CCCCC(C(=O)NC(C)C)C(O)N(CCCC)CCCC. The molecule has 0 bridgehead atoms. The van der Waals surface area contributed by atoms with Crippen molar-refractivity contribution in [3.8, 4) is 0 Å². The van der Waals surface area contributed by atoms with Gasteiger partial charge in [-0.3, -0.25) is 9.69 Å². The standard InChI is InChI=1S/C18H38N2O2/c1-6-9-12-16(17(21)19-15(4)5)18(22)20(13-10-7-2)14-11-8-3/h15-16,18,22H,6-14H2,1-5H3,(H,19,21). The predicted molar refractivity (Wildman–Crippen MR) is 93.7 cm³/mol. The Kier molecular flexibility index (Phi) is 12.5. The number of unbranched alkanes of at least 4 members (excludes halogenated alkanes) is 3. The van der Waals surface area contributed by atoms with E-state index in [1.165, 1.54) is 0 Å². The van der Waals surface area contributed by atoms with Gasteiger partial charge >= 0.3 is 0 Å². The molecule has 2 atom stereocenters. The molecule has 0 radical (unpaired) electrons. The number of aliphatic hydroxyl groups excluding tert-OH is 1. The van der Waals surface area contributed by atoms with Crippen LogP contribution < -0.4 is 5.32 Å². The van der Waals surface area contributed by atoms with E-state index in [0.29, 0.717) is 0 Å². The summed E-state index contributed by atoms with van der Waals surface area (Å²) in [4.78, 5) is 14.6. The Morgan fingerprint density at radius 1 is 1.00 bits per heavy atom. The molecule has 0 aliphatic carbocycles. The Balaban J connectivity index is 4.89. The third-order valence-corrected chi connectivity index (χ3v) is 3.97. The van der Waals surface area contributed by atoms with Crippen LogP contribution in [0.15, 0.2) is 0 Å². The lowest BCUT2D eigenvalue weighted by atomic mass is 9.97. The molecule has 0 saturated heterocycles. The van der Waals surface area contributed by atoms with E-state index >= 15 is 0 Å². The lowest BCUT2D eigenvalue weighted by Gasteiger charge is -2.33. The van der Waals surface area contributed by atoms with Gasteiger partial charge in [-0.25, -0.2) is 0 Å². The van der Waals surface area contributed by atoms with Crippen LogP contribution in [0.2, 0.25) is 0 Å². The van der Waals surface area contributed by atoms with E-state index in [4.69, 9.17) is 0 Å². The van der Waals surface area contributed by atoms with Gasteiger partial charge in [0.1, 0.15) is 6.23 Å². The van der Waals surface area contributed by atoms with Crippen molar-refractivity contribution in [3.05, 3.63) is 0 Å². The fourth-order valence-electron chi connectivity index (χ4n) is 2.58. The molecule has 4 heteroatoms. The summed E-state index contributed by atoms with van der Waals surface area (Å²) in [6.45, 7) is 12.1. The van der Waals surface area contributed by atoms with E-state index in [1.54, 1.807) is 0 Å². The first-order valence-electron chi connectivity index (χ1n) is 9.20. The number of amides is 1. The number of nitrogens with zero attached hydrogens (tertiary/aromatic N) is 1. The van der Waals surface area contributed by atoms with Gasteiger partial charge in [-0.2, -0.15) is 0 Å². The molecule has 132 valence electrons. The predicted octanol–water partition coefficient (Wildman–Crippen LogP) is 3.54. The molecule has 0 aromatic heterocycles. The largest absolute Gasteiger partial charge is 0.378 e. The third-order valence-electron chi connectivity index (χ3n) is 3.97. The molecule has 0 aromatic carbocycles. The Morgan fingerprint density at radius 2 is 1.50 bits per heavy atom. The molecule has 0 aliphatic rings. The number of carbonyl (C=O) groups is 1. The zero-order valence-electron chi connectivity index (χ0n) is 15.4. The number of rotatable bonds is 13. The molecule has 0 saturated carbocycles. The van der Waals surface area contributed by atoms with Gasteiger partial charge in [0.2, 0.25) is 5.91 Å².